The first-order chi connectivity index (χ1) is 3.77. The molecule has 0 aromatic carbocycles. The van der Waals surface area contributed by atoms with Gasteiger partial charge < -0.3 is 4.90 Å². The van der Waals surface area contributed by atoms with Crippen molar-refractivity contribution in [2.75, 3.05) is 20.6 Å². The maximum Gasteiger partial charge on any atom is 0.000980 e. The molecule has 0 fully saturated rings. The van der Waals surface area contributed by atoms with Crippen LogP contribution in [-0.4, -0.2) is 25.5 Å². The van der Waals surface area contributed by atoms with E-state index in [2.05, 4.69) is 38.1 Å². The third kappa shape index (κ3) is 5.70. The molecule has 0 aliphatic carbocycles. The van der Waals surface area contributed by atoms with Crippen LogP contribution in [0.5, 0.6) is 0 Å². The molecule has 0 heterocycles. The first-order valence-electron chi connectivity index (χ1n) is 3.03. The second-order valence-corrected chi connectivity index (χ2v) is 2.16. The number of hydrogen-bond acceptors (Lipinski definition) is 1. The summed E-state index contributed by atoms with van der Waals surface area (Å²) in [6.07, 6.45) is 5.44. The molecule has 0 aliphatic heterocycles. The van der Waals surface area contributed by atoms with Gasteiger partial charge in [0.1, 0.15) is 0 Å². The lowest BCUT2D eigenvalue weighted by Gasteiger charge is -2.04. The number of allylic oxidation sites excluding steroid dienone is 1. The highest BCUT2D eigenvalue weighted by Crippen LogP contribution is 1.83. The number of nitrogens with zero attached hydrogens (tertiary/aromatic N) is 1. The van der Waals surface area contributed by atoms with Crippen LogP contribution in [0.1, 0.15) is 13.3 Å². The van der Waals surface area contributed by atoms with Gasteiger partial charge in [0.25, 0.3) is 0 Å². The van der Waals surface area contributed by atoms with Crippen molar-refractivity contribution >= 4 is 0 Å². The van der Waals surface area contributed by atoms with E-state index in [1.165, 1.54) is 6.42 Å². The highest BCUT2D eigenvalue weighted by Gasteiger charge is 1.82. The first kappa shape index (κ1) is 7.70. The average molecular weight is 113 g/mol. The smallest absolute Gasteiger partial charge is 0.000980 e. The Balaban J connectivity index is 2.93. The monoisotopic (exact) mass is 113 g/mol. The third-order valence-corrected chi connectivity index (χ3v) is 0.979. The maximum atomic E-state index is 2.18. The zero-order valence-electron chi connectivity index (χ0n) is 6.02. The van der Waals surface area contributed by atoms with E-state index in [1.807, 2.05) is 0 Å². The number of hydrogen-bond donors (Lipinski definition) is 0. The standard InChI is InChI=1S/C7H15N/c1-4-5-6-7-8(2)3/h4-5H,6-7H2,1-3H3. The zero-order valence-corrected chi connectivity index (χ0v) is 6.02. The van der Waals surface area contributed by atoms with Gasteiger partial charge in [-0.1, -0.05) is 12.2 Å². The molecule has 48 valence electrons. The molecule has 0 amide bonds. The zero-order chi connectivity index (χ0) is 6.41. The van der Waals surface area contributed by atoms with Crippen molar-refractivity contribution < 1.29 is 0 Å². The summed E-state index contributed by atoms with van der Waals surface area (Å²) in [5.41, 5.74) is 0. The van der Waals surface area contributed by atoms with Crippen molar-refractivity contribution in [1.29, 1.82) is 0 Å². The Morgan fingerprint density at radius 1 is 1.38 bits per heavy atom. The van der Waals surface area contributed by atoms with E-state index >= 15 is 0 Å². The second-order valence-electron chi connectivity index (χ2n) is 2.16. The molecule has 0 aliphatic rings. The van der Waals surface area contributed by atoms with Crippen molar-refractivity contribution in [1.82, 2.24) is 4.90 Å². The predicted molar refractivity (Wildman–Crippen MR) is 38.0 cm³/mol. The van der Waals surface area contributed by atoms with Gasteiger partial charge >= 0.3 is 0 Å². The molecule has 0 saturated carbocycles. The van der Waals surface area contributed by atoms with Gasteiger partial charge in [-0.3, -0.25) is 0 Å². The van der Waals surface area contributed by atoms with Gasteiger partial charge in [0.2, 0.25) is 0 Å². The molecule has 0 aromatic heterocycles. The Kier molecular flexibility index (Phi) is 4.67. The summed E-state index contributed by atoms with van der Waals surface area (Å²) >= 11 is 0. The quantitative estimate of drug-likeness (QED) is 0.501. The van der Waals surface area contributed by atoms with E-state index in [1.54, 1.807) is 0 Å². The predicted octanol–water partition coefficient (Wildman–Crippen LogP) is 1.51. The molecule has 0 aromatic rings. The lowest BCUT2D eigenvalue weighted by molar-refractivity contribution is 0.417. The Morgan fingerprint density at radius 2 is 2.00 bits per heavy atom. The molecule has 0 saturated heterocycles. The highest BCUT2D eigenvalue weighted by molar-refractivity contribution is 4.77. The maximum absolute atomic E-state index is 2.18. The van der Waals surface area contributed by atoms with Gasteiger partial charge in [0, 0.05) is 6.54 Å². The molecular weight excluding hydrogens is 98.1 g/mol. The Bertz CT molecular complexity index is 64.8. The van der Waals surface area contributed by atoms with Crippen LogP contribution < -0.4 is 0 Å². The van der Waals surface area contributed by atoms with Crippen LogP contribution in [0, 0.1) is 0 Å². The topological polar surface area (TPSA) is 3.24 Å². The van der Waals surface area contributed by atoms with Gasteiger partial charge in [0.05, 0.1) is 0 Å². The van der Waals surface area contributed by atoms with Crippen LogP contribution in [-0.2, 0) is 0 Å². The minimum Gasteiger partial charge on any atom is -0.309 e. The minimum atomic E-state index is 1.16. The second kappa shape index (κ2) is 4.85. The molecule has 0 unspecified atom stereocenters. The Morgan fingerprint density at radius 3 is 2.38 bits per heavy atom. The number of rotatable bonds is 3. The molecule has 0 atom stereocenters. The summed E-state index contributed by atoms with van der Waals surface area (Å²) in [7, 11) is 4.17. The summed E-state index contributed by atoms with van der Waals surface area (Å²) in [6.45, 7) is 3.21. The molecule has 8 heavy (non-hydrogen) atoms. The van der Waals surface area contributed by atoms with Gasteiger partial charge in [0.15, 0.2) is 0 Å². The van der Waals surface area contributed by atoms with E-state index in [9.17, 15) is 0 Å². The summed E-state index contributed by atoms with van der Waals surface area (Å²) in [5.74, 6) is 0. The molecule has 0 N–H and O–H groups in total. The Labute approximate surface area is 52.0 Å². The van der Waals surface area contributed by atoms with Crippen LogP contribution in [0.4, 0.5) is 0 Å². The van der Waals surface area contributed by atoms with E-state index in [4.69, 9.17) is 0 Å². The van der Waals surface area contributed by atoms with Crippen molar-refractivity contribution in [3.63, 3.8) is 0 Å². The fourth-order valence-electron chi connectivity index (χ4n) is 0.499. The lowest BCUT2D eigenvalue weighted by atomic mass is 10.4. The van der Waals surface area contributed by atoms with E-state index < -0.39 is 0 Å². The molecule has 1 nitrogen and oxygen atoms in total. The van der Waals surface area contributed by atoms with E-state index in [0.717, 1.165) is 6.54 Å². The lowest BCUT2D eigenvalue weighted by Crippen LogP contribution is -2.11. The van der Waals surface area contributed by atoms with Crippen LogP contribution in [0.3, 0.4) is 0 Å². The largest absolute Gasteiger partial charge is 0.309 e. The van der Waals surface area contributed by atoms with Crippen molar-refractivity contribution in [2.24, 2.45) is 0 Å². The third-order valence-electron chi connectivity index (χ3n) is 0.979. The van der Waals surface area contributed by atoms with Crippen LogP contribution in [0.25, 0.3) is 0 Å². The van der Waals surface area contributed by atoms with Crippen molar-refractivity contribution in [2.45, 2.75) is 13.3 Å². The van der Waals surface area contributed by atoms with Crippen LogP contribution >= 0.6 is 0 Å². The van der Waals surface area contributed by atoms with E-state index in [-0.39, 0.29) is 0 Å². The van der Waals surface area contributed by atoms with Gasteiger partial charge in [-0.25, -0.2) is 0 Å². The van der Waals surface area contributed by atoms with Gasteiger partial charge in [-0.05, 0) is 27.4 Å². The molecule has 0 spiro atoms. The Hall–Kier alpha value is -0.300. The van der Waals surface area contributed by atoms with Gasteiger partial charge in [-0.2, -0.15) is 0 Å². The van der Waals surface area contributed by atoms with Crippen LogP contribution in [0.15, 0.2) is 12.2 Å². The fraction of sp³-hybridized carbons (Fsp3) is 0.714. The van der Waals surface area contributed by atoms with Crippen molar-refractivity contribution in [3.05, 3.63) is 12.2 Å². The van der Waals surface area contributed by atoms with Gasteiger partial charge in [-0.15, -0.1) is 0 Å². The molecular formula is C7H15N. The summed E-state index contributed by atoms with van der Waals surface area (Å²) < 4.78 is 0. The summed E-state index contributed by atoms with van der Waals surface area (Å²) in [5, 5.41) is 0. The molecule has 1 heteroatoms. The average Bonchev–Trinajstić information content (AvgIpc) is 1.66. The van der Waals surface area contributed by atoms with Crippen LogP contribution in [0.2, 0.25) is 0 Å². The normalized spacial score (nSPS) is 11.5. The highest BCUT2D eigenvalue weighted by atomic mass is 15.0. The minimum absolute atomic E-state index is 1.16. The molecule has 0 bridgehead atoms. The summed E-state index contributed by atoms with van der Waals surface area (Å²) in [6, 6.07) is 0. The SMILES string of the molecule is CC=CCCN(C)C. The summed E-state index contributed by atoms with van der Waals surface area (Å²) in [4.78, 5) is 2.18. The van der Waals surface area contributed by atoms with Crippen molar-refractivity contribution in [3.8, 4) is 0 Å². The molecule has 0 radical (unpaired) electrons. The van der Waals surface area contributed by atoms with E-state index in [0.29, 0.717) is 0 Å². The fourth-order valence-corrected chi connectivity index (χ4v) is 0.499. The first-order valence-corrected chi connectivity index (χ1v) is 3.03. The molecule has 0 rings (SSSR count).